The molecule has 0 radical (unpaired) electrons. The Morgan fingerprint density at radius 2 is 1.55 bits per heavy atom. The van der Waals surface area contributed by atoms with Crippen molar-refractivity contribution in [2.75, 3.05) is 0 Å². The Labute approximate surface area is 170 Å². The summed E-state index contributed by atoms with van der Waals surface area (Å²) in [5.41, 5.74) is 0.766. The molecule has 0 spiro atoms. The second-order valence-corrected chi connectivity index (χ2v) is 8.85. The van der Waals surface area contributed by atoms with Crippen molar-refractivity contribution in [3.05, 3.63) is 29.6 Å². The first kappa shape index (κ1) is 22.4. The van der Waals surface area contributed by atoms with Gasteiger partial charge in [0.05, 0.1) is 0 Å². The number of rotatable bonds is 6. The van der Waals surface area contributed by atoms with Crippen LogP contribution >= 0.6 is 0 Å². The monoisotopic (exact) mass is 418 g/mol. The van der Waals surface area contributed by atoms with E-state index in [0.717, 1.165) is 55.1 Å². The zero-order valence-corrected chi connectivity index (χ0v) is 17.0. The average Bonchev–Trinajstić information content (AvgIpc) is 2.70. The molecule has 1 nitrogen and oxygen atoms in total. The zero-order valence-electron chi connectivity index (χ0n) is 17.0. The van der Waals surface area contributed by atoms with E-state index in [1.54, 1.807) is 6.07 Å². The molecule has 1 aromatic carbocycles. The Morgan fingerprint density at radius 3 is 2.07 bits per heavy atom. The smallest absolute Gasteiger partial charge is 0.449 e. The summed E-state index contributed by atoms with van der Waals surface area (Å²) in [6.45, 7) is 2.25. The highest BCUT2D eigenvalue weighted by Gasteiger charge is 2.43. The minimum atomic E-state index is -5.17. The van der Waals surface area contributed by atoms with Gasteiger partial charge in [-0.2, -0.15) is 17.6 Å². The molecule has 0 aliphatic heterocycles. The molecule has 0 saturated heterocycles. The third-order valence-corrected chi connectivity index (χ3v) is 6.94. The first-order valence-electron chi connectivity index (χ1n) is 10.9. The van der Waals surface area contributed by atoms with Gasteiger partial charge in [-0.05, 0) is 79.9 Å². The highest BCUT2D eigenvalue weighted by Crippen LogP contribution is 2.44. The summed E-state index contributed by atoms with van der Waals surface area (Å²) in [6.07, 6.45) is 3.43. The van der Waals surface area contributed by atoms with Crippen molar-refractivity contribution in [2.24, 2.45) is 17.8 Å². The summed E-state index contributed by atoms with van der Waals surface area (Å²) >= 11 is 0. The minimum absolute atomic E-state index is 0.204. The molecule has 2 saturated carbocycles. The van der Waals surface area contributed by atoms with Crippen LogP contribution in [0.3, 0.4) is 0 Å². The molecule has 3 rings (SSSR count). The quantitative estimate of drug-likeness (QED) is 0.426. The molecule has 0 aromatic heterocycles. The SMILES string of the molecule is CCCC1CCC(C2CCC(c3ccc(OC(F)C(F)(F)F)c(F)c3)CC2)CC1. The van der Waals surface area contributed by atoms with E-state index in [4.69, 9.17) is 0 Å². The van der Waals surface area contributed by atoms with E-state index in [9.17, 15) is 22.0 Å². The van der Waals surface area contributed by atoms with Crippen molar-refractivity contribution in [1.29, 1.82) is 0 Å². The molecule has 2 aliphatic carbocycles. The third kappa shape index (κ3) is 5.85. The molecule has 0 N–H and O–H groups in total. The Morgan fingerprint density at radius 1 is 0.966 bits per heavy atom. The van der Waals surface area contributed by atoms with Gasteiger partial charge in [0.1, 0.15) is 0 Å². The molecule has 2 fully saturated rings. The average molecular weight is 418 g/mol. The molecule has 6 heteroatoms. The lowest BCUT2D eigenvalue weighted by Gasteiger charge is -2.38. The van der Waals surface area contributed by atoms with Gasteiger partial charge in [-0.25, -0.2) is 4.39 Å². The van der Waals surface area contributed by atoms with E-state index >= 15 is 0 Å². The van der Waals surface area contributed by atoms with Crippen LogP contribution in [0.15, 0.2) is 18.2 Å². The van der Waals surface area contributed by atoms with Crippen LogP contribution in [0.25, 0.3) is 0 Å². The van der Waals surface area contributed by atoms with Crippen LogP contribution in [0.2, 0.25) is 0 Å². The maximum absolute atomic E-state index is 14.2. The van der Waals surface area contributed by atoms with Crippen LogP contribution in [-0.4, -0.2) is 12.5 Å². The summed E-state index contributed by atoms with van der Waals surface area (Å²) in [5.74, 6) is 1.01. The van der Waals surface area contributed by atoms with Crippen molar-refractivity contribution in [2.45, 2.75) is 89.6 Å². The fourth-order valence-electron chi connectivity index (χ4n) is 5.33. The number of hydrogen-bond acceptors (Lipinski definition) is 1. The highest BCUT2D eigenvalue weighted by atomic mass is 19.4. The fraction of sp³-hybridized carbons (Fsp3) is 0.739. The largest absolute Gasteiger partial charge is 0.457 e. The van der Waals surface area contributed by atoms with E-state index in [0.29, 0.717) is 0 Å². The predicted octanol–water partition coefficient (Wildman–Crippen LogP) is 7.94. The molecule has 1 unspecified atom stereocenters. The van der Waals surface area contributed by atoms with Crippen molar-refractivity contribution >= 4 is 0 Å². The first-order valence-corrected chi connectivity index (χ1v) is 10.9. The number of benzene rings is 1. The maximum Gasteiger partial charge on any atom is 0.457 e. The predicted molar refractivity (Wildman–Crippen MR) is 103 cm³/mol. The second-order valence-electron chi connectivity index (χ2n) is 8.85. The number of halogens is 5. The van der Waals surface area contributed by atoms with Gasteiger partial charge in [0.2, 0.25) is 0 Å². The highest BCUT2D eigenvalue weighted by molar-refractivity contribution is 5.31. The van der Waals surface area contributed by atoms with Crippen LogP contribution in [0.4, 0.5) is 22.0 Å². The lowest BCUT2D eigenvalue weighted by Crippen LogP contribution is -2.30. The lowest BCUT2D eigenvalue weighted by molar-refractivity contribution is -0.237. The molecule has 0 heterocycles. The van der Waals surface area contributed by atoms with Crippen LogP contribution in [-0.2, 0) is 0 Å². The molecule has 2 aliphatic rings. The zero-order chi connectivity index (χ0) is 21.0. The van der Waals surface area contributed by atoms with Gasteiger partial charge in [-0.3, -0.25) is 0 Å². The van der Waals surface area contributed by atoms with Crippen LogP contribution in [0.1, 0.15) is 82.6 Å². The summed E-state index contributed by atoms with van der Waals surface area (Å²) in [4.78, 5) is 0. The summed E-state index contributed by atoms with van der Waals surface area (Å²) in [5, 5.41) is 0. The van der Waals surface area contributed by atoms with Crippen LogP contribution in [0, 0.1) is 23.6 Å². The van der Waals surface area contributed by atoms with Crippen LogP contribution in [0.5, 0.6) is 5.75 Å². The fourth-order valence-corrected chi connectivity index (χ4v) is 5.33. The normalized spacial score (nSPS) is 29.4. The molecule has 1 atom stereocenters. The second kappa shape index (κ2) is 9.65. The molecular weight excluding hydrogens is 387 g/mol. The molecule has 1 aromatic rings. The standard InChI is InChI=1S/C23H31F5O/c1-2-3-15-4-6-16(7-5-15)17-8-10-18(11-9-17)19-12-13-21(20(24)14-19)29-22(25)23(26,27)28/h12-18,22H,2-11H2,1H3. The number of alkyl halides is 4. The maximum atomic E-state index is 14.2. The van der Waals surface area contributed by atoms with Gasteiger partial charge in [-0.1, -0.05) is 38.7 Å². The Balaban J connectivity index is 1.51. The number of ether oxygens (including phenoxy) is 1. The van der Waals surface area contributed by atoms with Crippen molar-refractivity contribution in [1.82, 2.24) is 0 Å². The topological polar surface area (TPSA) is 9.23 Å². The molecule has 0 bridgehead atoms. The van der Waals surface area contributed by atoms with Gasteiger partial charge in [0.25, 0.3) is 0 Å². The molecular formula is C23H31F5O. The summed E-state index contributed by atoms with van der Waals surface area (Å²) < 4.78 is 68.1. The third-order valence-electron chi connectivity index (χ3n) is 6.94. The van der Waals surface area contributed by atoms with E-state index < -0.39 is 24.1 Å². The summed E-state index contributed by atoms with van der Waals surface area (Å²) in [7, 11) is 0. The summed E-state index contributed by atoms with van der Waals surface area (Å²) in [6, 6.07) is 3.89. The van der Waals surface area contributed by atoms with Crippen molar-refractivity contribution in [3.8, 4) is 5.75 Å². The van der Waals surface area contributed by atoms with Gasteiger partial charge < -0.3 is 4.74 Å². The van der Waals surface area contributed by atoms with Gasteiger partial charge in [0.15, 0.2) is 11.6 Å². The Hall–Kier alpha value is -1.33. The lowest BCUT2D eigenvalue weighted by atomic mass is 9.68. The van der Waals surface area contributed by atoms with E-state index in [1.807, 2.05) is 0 Å². The molecule has 29 heavy (non-hydrogen) atoms. The first-order chi connectivity index (χ1) is 13.8. The molecule has 164 valence electrons. The van der Waals surface area contributed by atoms with Crippen molar-refractivity contribution in [3.63, 3.8) is 0 Å². The van der Waals surface area contributed by atoms with Gasteiger partial charge >= 0.3 is 12.5 Å². The van der Waals surface area contributed by atoms with Gasteiger partial charge in [0, 0.05) is 0 Å². The van der Waals surface area contributed by atoms with E-state index in [-0.39, 0.29) is 5.92 Å². The minimum Gasteiger partial charge on any atom is -0.449 e. The Bertz CT molecular complexity index is 643. The Kier molecular flexibility index (Phi) is 7.44. The van der Waals surface area contributed by atoms with E-state index in [1.165, 1.54) is 44.6 Å². The van der Waals surface area contributed by atoms with Crippen molar-refractivity contribution < 1.29 is 26.7 Å². The van der Waals surface area contributed by atoms with Gasteiger partial charge in [-0.15, -0.1) is 0 Å². The number of hydrogen-bond donors (Lipinski definition) is 0. The molecule has 0 amide bonds. The van der Waals surface area contributed by atoms with E-state index in [2.05, 4.69) is 11.7 Å². The van der Waals surface area contributed by atoms with Crippen LogP contribution < -0.4 is 4.74 Å².